The summed E-state index contributed by atoms with van der Waals surface area (Å²) >= 11 is 0. The van der Waals surface area contributed by atoms with Crippen molar-refractivity contribution < 1.29 is 4.79 Å². The van der Waals surface area contributed by atoms with Gasteiger partial charge in [-0.1, -0.05) is 18.2 Å². The van der Waals surface area contributed by atoms with Crippen molar-refractivity contribution in [2.75, 3.05) is 0 Å². The molecule has 0 aliphatic carbocycles. The summed E-state index contributed by atoms with van der Waals surface area (Å²) in [6.45, 7) is 0. The molecule has 0 saturated heterocycles. The highest BCUT2D eigenvalue weighted by Gasteiger charge is 2.12. The third-order valence-electron chi connectivity index (χ3n) is 3.51. The molecule has 0 radical (unpaired) electrons. The lowest BCUT2D eigenvalue weighted by atomic mass is 10.1. The van der Waals surface area contributed by atoms with E-state index in [0.717, 1.165) is 39.1 Å². The van der Waals surface area contributed by atoms with Crippen LogP contribution in [-0.2, 0) is 4.79 Å². The van der Waals surface area contributed by atoms with Gasteiger partial charge in [0.2, 0.25) is 6.41 Å². The van der Waals surface area contributed by atoms with Crippen molar-refractivity contribution in [1.82, 2.24) is 9.55 Å². The SMILES string of the molecule is O=Cn1c2ccccc2c2c3cc[nH]c3ccc21. The van der Waals surface area contributed by atoms with Crippen LogP contribution in [0, 0.1) is 0 Å². The molecule has 2 aromatic carbocycles. The molecule has 86 valence electrons. The maximum absolute atomic E-state index is 11.3. The minimum atomic E-state index is 0.878. The predicted molar refractivity (Wildman–Crippen MR) is 73.4 cm³/mol. The summed E-state index contributed by atoms with van der Waals surface area (Å²) in [5.41, 5.74) is 3.01. The van der Waals surface area contributed by atoms with E-state index in [1.807, 2.05) is 36.5 Å². The number of para-hydroxylation sites is 1. The molecule has 0 fully saturated rings. The van der Waals surface area contributed by atoms with Gasteiger partial charge >= 0.3 is 0 Å². The molecule has 0 amide bonds. The average molecular weight is 234 g/mol. The number of H-pyrrole nitrogens is 1. The topological polar surface area (TPSA) is 37.8 Å². The Balaban J connectivity index is 2.43. The number of carbonyl (C=O) groups excluding carboxylic acids is 1. The minimum Gasteiger partial charge on any atom is -0.361 e. The summed E-state index contributed by atoms with van der Waals surface area (Å²) in [4.78, 5) is 14.5. The van der Waals surface area contributed by atoms with Gasteiger partial charge in [-0.25, -0.2) is 0 Å². The number of carbonyl (C=O) groups is 1. The number of hydrogen-bond donors (Lipinski definition) is 1. The van der Waals surface area contributed by atoms with E-state index in [4.69, 9.17) is 0 Å². The van der Waals surface area contributed by atoms with Crippen molar-refractivity contribution in [2.45, 2.75) is 0 Å². The van der Waals surface area contributed by atoms with Crippen molar-refractivity contribution in [1.29, 1.82) is 0 Å². The fourth-order valence-electron chi connectivity index (χ4n) is 2.74. The first kappa shape index (κ1) is 9.48. The number of aromatic amines is 1. The molecule has 3 nitrogen and oxygen atoms in total. The van der Waals surface area contributed by atoms with Crippen molar-refractivity contribution in [3.63, 3.8) is 0 Å². The standard InChI is InChI=1S/C15H10N2O/c18-9-17-13-4-2-1-3-11(13)15-10-7-8-16-12(10)5-6-14(15)17/h1-9,16H. The van der Waals surface area contributed by atoms with E-state index in [-0.39, 0.29) is 0 Å². The van der Waals surface area contributed by atoms with E-state index in [1.54, 1.807) is 4.57 Å². The summed E-state index contributed by atoms with van der Waals surface area (Å²) < 4.78 is 1.71. The van der Waals surface area contributed by atoms with Gasteiger partial charge in [0.25, 0.3) is 0 Å². The van der Waals surface area contributed by atoms with Crippen LogP contribution in [0.5, 0.6) is 0 Å². The maximum Gasteiger partial charge on any atom is 0.218 e. The Bertz CT molecular complexity index is 899. The molecule has 1 N–H and O–H groups in total. The second kappa shape index (κ2) is 3.23. The van der Waals surface area contributed by atoms with Crippen LogP contribution in [0.2, 0.25) is 0 Å². The molecule has 0 unspecified atom stereocenters. The number of benzene rings is 2. The summed E-state index contributed by atoms with van der Waals surface area (Å²) in [6, 6.07) is 14.0. The van der Waals surface area contributed by atoms with Crippen LogP contribution in [0.15, 0.2) is 48.7 Å². The van der Waals surface area contributed by atoms with Crippen LogP contribution in [0.25, 0.3) is 32.7 Å². The zero-order valence-corrected chi connectivity index (χ0v) is 9.55. The molecule has 4 rings (SSSR count). The van der Waals surface area contributed by atoms with Crippen LogP contribution in [0.4, 0.5) is 0 Å². The van der Waals surface area contributed by atoms with Gasteiger partial charge in [-0.15, -0.1) is 0 Å². The van der Waals surface area contributed by atoms with Crippen molar-refractivity contribution >= 4 is 39.1 Å². The quantitative estimate of drug-likeness (QED) is 0.504. The molecule has 4 aromatic rings. The smallest absolute Gasteiger partial charge is 0.218 e. The van der Waals surface area contributed by atoms with Crippen LogP contribution in [0.3, 0.4) is 0 Å². The summed E-state index contributed by atoms with van der Waals surface area (Å²) in [5.74, 6) is 0. The Hall–Kier alpha value is -2.55. The van der Waals surface area contributed by atoms with E-state index >= 15 is 0 Å². The van der Waals surface area contributed by atoms with E-state index in [9.17, 15) is 4.79 Å². The van der Waals surface area contributed by atoms with Crippen molar-refractivity contribution in [3.05, 3.63) is 48.7 Å². The van der Waals surface area contributed by atoms with Gasteiger partial charge in [0.05, 0.1) is 11.0 Å². The zero-order chi connectivity index (χ0) is 12.1. The Labute approximate surface area is 103 Å². The van der Waals surface area contributed by atoms with Crippen LogP contribution >= 0.6 is 0 Å². The third-order valence-corrected chi connectivity index (χ3v) is 3.51. The number of aromatic nitrogens is 2. The molecule has 0 atom stereocenters. The highest BCUT2D eigenvalue weighted by molar-refractivity contribution is 6.21. The van der Waals surface area contributed by atoms with Gasteiger partial charge in [-0.3, -0.25) is 9.36 Å². The molecule has 2 heterocycles. The van der Waals surface area contributed by atoms with Crippen molar-refractivity contribution in [3.8, 4) is 0 Å². The van der Waals surface area contributed by atoms with E-state index in [2.05, 4.69) is 17.1 Å². The monoisotopic (exact) mass is 234 g/mol. The number of nitrogens with one attached hydrogen (secondary N) is 1. The van der Waals surface area contributed by atoms with E-state index < -0.39 is 0 Å². The molecule has 2 aromatic heterocycles. The fraction of sp³-hybridized carbons (Fsp3) is 0. The molecule has 0 aliphatic rings. The van der Waals surface area contributed by atoms with Gasteiger partial charge in [0.15, 0.2) is 0 Å². The molecule has 3 heteroatoms. The molecular formula is C15H10N2O. The number of hydrogen-bond acceptors (Lipinski definition) is 1. The molecule has 18 heavy (non-hydrogen) atoms. The number of fused-ring (bicyclic) bond motifs is 5. The molecular weight excluding hydrogens is 224 g/mol. The highest BCUT2D eigenvalue weighted by atomic mass is 16.1. The van der Waals surface area contributed by atoms with Crippen molar-refractivity contribution in [2.24, 2.45) is 0 Å². The largest absolute Gasteiger partial charge is 0.361 e. The van der Waals surface area contributed by atoms with Gasteiger partial charge in [0, 0.05) is 27.9 Å². The average Bonchev–Trinajstić information content (AvgIpc) is 2.99. The third kappa shape index (κ3) is 1.01. The van der Waals surface area contributed by atoms with Gasteiger partial charge in [-0.05, 0) is 24.3 Å². The number of rotatable bonds is 1. The first-order valence-corrected chi connectivity index (χ1v) is 5.84. The van der Waals surface area contributed by atoms with Crippen LogP contribution in [-0.4, -0.2) is 16.0 Å². The molecule has 0 spiro atoms. The second-order valence-electron chi connectivity index (χ2n) is 4.39. The Morgan fingerprint density at radius 3 is 2.72 bits per heavy atom. The normalized spacial score (nSPS) is 11.6. The van der Waals surface area contributed by atoms with E-state index in [0.29, 0.717) is 0 Å². The Morgan fingerprint density at radius 1 is 0.944 bits per heavy atom. The van der Waals surface area contributed by atoms with Gasteiger partial charge in [0.1, 0.15) is 0 Å². The summed E-state index contributed by atoms with van der Waals surface area (Å²) in [5, 5.41) is 3.41. The van der Waals surface area contributed by atoms with Gasteiger partial charge < -0.3 is 4.98 Å². The highest BCUT2D eigenvalue weighted by Crippen LogP contribution is 2.33. The summed E-state index contributed by atoms with van der Waals surface area (Å²) in [6.07, 6.45) is 2.81. The lowest BCUT2D eigenvalue weighted by molar-refractivity contribution is 0.550. The lowest BCUT2D eigenvalue weighted by Crippen LogP contribution is -1.92. The van der Waals surface area contributed by atoms with E-state index in [1.165, 1.54) is 0 Å². The van der Waals surface area contributed by atoms with Crippen LogP contribution < -0.4 is 0 Å². The molecule has 0 aliphatic heterocycles. The number of nitrogens with zero attached hydrogens (tertiary/aromatic N) is 1. The first-order chi connectivity index (χ1) is 8.90. The Kier molecular flexibility index (Phi) is 1.70. The molecule has 0 saturated carbocycles. The van der Waals surface area contributed by atoms with Gasteiger partial charge in [-0.2, -0.15) is 0 Å². The molecule has 0 bridgehead atoms. The minimum absolute atomic E-state index is 0.878. The maximum atomic E-state index is 11.3. The second-order valence-corrected chi connectivity index (χ2v) is 4.39. The van der Waals surface area contributed by atoms with Crippen LogP contribution in [0.1, 0.15) is 0 Å². The lowest BCUT2D eigenvalue weighted by Gasteiger charge is -1.96. The zero-order valence-electron chi connectivity index (χ0n) is 9.55. The predicted octanol–water partition coefficient (Wildman–Crippen LogP) is 3.31. The Morgan fingerprint density at radius 2 is 1.83 bits per heavy atom. The fourth-order valence-corrected chi connectivity index (χ4v) is 2.74. The summed E-state index contributed by atoms with van der Waals surface area (Å²) in [7, 11) is 0. The first-order valence-electron chi connectivity index (χ1n) is 5.84.